The maximum absolute atomic E-state index is 13.9. The maximum atomic E-state index is 13.9. The molecule has 4 N–H and O–H groups in total. The van der Waals surface area contributed by atoms with Crippen molar-refractivity contribution >= 4 is 34.4 Å². The van der Waals surface area contributed by atoms with Gasteiger partial charge in [0.1, 0.15) is 18.0 Å². The molecule has 0 radical (unpaired) electrons. The van der Waals surface area contributed by atoms with Gasteiger partial charge in [0.15, 0.2) is 11.5 Å². The van der Waals surface area contributed by atoms with Gasteiger partial charge in [0.05, 0.1) is 29.9 Å². The summed E-state index contributed by atoms with van der Waals surface area (Å²) in [6.45, 7) is -0.162. The van der Waals surface area contributed by atoms with E-state index in [9.17, 15) is 29.3 Å². The van der Waals surface area contributed by atoms with E-state index in [0.29, 0.717) is 39.0 Å². The second kappa shape index (κ2) is 15.8. The van der Waals surface area contributed by atoms with E-state index in [2.05, 4.69) is 27.9 Å². The number of carbonyl (C=O) groups is 2. The van der Waals surface area contributed by atoms with Crippen LogP contribution < -0.4 is 14.8 Å². The number of halogens is 2. The van der Waals surface area contributed by atoms with Crippen LogP contribution in [-0.2, 0) is 22.6 Å². The quantitative estimate of drug-likeness (QED) is 0.235. The predicted octanol–water partition coefficient (Wildman–Crippen LogP) is 3.50. The van der Waals surface area contributed by atoms with E-state index < -0.39 is 24.2 Å². The zero-order chi connectivity index (χ0) is 30.9. The van der Waals surface area contributed by atoms with Crippen molar-refractivity contribution in [2.45, 2.75) is 69.8 Å². The summed E-state index contributed by atoms with van der Waals surface area (Å²) in [5.74, 6) is 0.0302. The van der Waals surface area contributed by atoms with Crippen molar-refractivity contribution in [3.05, 3.63) is 68.6 Å². The number of benzene rings is 2. The Balaban J connectivity index is 1.68. The summed E-state index contributed by atoms with van der Waals surface area (Å²) in [7, 11) is 1.47. The van der Waals surface area contributed by atoms with Gasteiger partial charge >= 0.3 is 0 Å². The van der Waals surface area contributed by atoms with Crippen LogP contribution in [0.3, 0.4) is 0 Å². The minimum atomic E-state index is -1.20. The molecule has 0 saturated heterocycles. The first-order valence-electron chi connectivity index (χ1n) is 14.7. The molecule has 2 aromatic rings. The van der Waals surface area contributed by atoms with Crippen LogP contribution in [0.1, 0.15) is 49.7 Å². The molecule has 43 heavy (non-hydrogen) atoms. The summed E-state index contributed by atoms with van der Waals surface area (Å²) in [4.78, 5) is 28.6. The zero-order valence-electron chi connectivity index (χ0n) is 24.3. The Kier molecular flexibility index (Phi) is 12.2. The molecule has 2 aromatic carbocycles. The standard InChI is InChI=1S/C32H40FIN2O7/c1-42-28-15-22(19-38)14-25(34)31(28)43-27-18-23(32(41)35-10-12-37)17-26(30(27)40)36(29(39)16-20-5-2-3-6-20)11-9-21-7-4-8-24(33)13-21/h4,7-8,13-15,18,20,26-27,30,37-38,40H,2-3,5-6,9-12,16-17,19H2,1H3,(H,35,41)/t26-,27+,30+/m1/s1. The molecule has 1 saturated carbocycles. The molecule has 2 aliphatic carbocycles. The third-order valence-electron chi connectivity index (χ3n) is 8.13. The number of carbonyl (C=O) groups excluding carboxylic acids is 2. The van der Waals surface area contributed by atoms with Crippen LogP contribution in [-0.4, -0.2) is 77.1 Å². The third-order valence-corrected chi connectivity index (χ3v) is 8.93. The Morgan fingerprint density at radius 2 is 1.91 bits per heavy atom. The lowest BCUT2D eigenvalue weighted by atomic mass is 9.87. The van der Waals surface area contributed by atoms with E-state index in [1.165, 1.54) is 19.2 Å². The summed E-state index contributed by atoms with van der Waals surface area (Å²) in [6.07, 6.45) is 4.21. The molecule has 234 valence electrons. The van der Waals surface area contributed by atoms with Gasteiger partial charge in [0.2, 0.25) is 11.8 Å². The fraction of sp³-hybridized carbons (Fsp3) is 0.500. The van der Waals surface area contributed by atoms with Crippen molar-refractivity contribution < 1.29 is 38.8 Å². The molecule has 0 aliphatic heterocycles. The van der Waals surface area contributed by atoms with Gasteiger partial charge in [0.25, 0.3) is 0 Å². The smallest absolute Gasteiger partial charge is 0.247 e. The number of methoxy groups -OCH3 is 1. The van der Waals surface area contributed by atoms with Crippen molar-refractivity contribution in [2.24, 2.45) is 5.92 Å². The second-order valence-corrected chi connectivity index (χ2v) is 12.3. The minimum absolute atomic E-state index is 0.0488. The average Bonchev–Trinajstić information content (AvgIpc) is 3.51. The fourth-order valence-corrected chi connectivity index (χ4v) is 6.68. The Bertz CT molecular complexity index is 1300. The molecule has 0 aromatic heterocycles. The first-order chi connectivity index (χ1) is 20.7. The SMILES string of the molecule is COc1cc(CO)cc(I)c1O[C@H]1C=C(C(=O)NCCO)C[C@@H](N(CCc2cccc(F)c2)C(=O)CC2CCCC2)[C@@H]1O. The molecule has 2 amide bonds. The Labute approximate surface area is 265 Å². The molecule has 9 nitrogen and oxygen atoms in total. The van der Waals surface area contributed by atoms with Gasteiger partial charge in [-0.25, -0.2) is 4.39 Å². The number of hydrogen-bond donors (Lipinski definition) is 4. The first kappa shape index (κ1) is 33.2. The number of ether oxygens (including phenoxy) is 2. The number of nitrogens with one attached hydrogen (secondary N) is 1. The molecule has 2 aliphatic rings. The molecule has 3 atom stereocenters. The van der Waals surface area contributed by atoms with Crippen molar-refractivity contribution in [3.8, 4) is 11.5 Å². The summed E-state index contributed by atoms with van der Waals surface area (Å²) in [6, 6.07) is 8.79. The third kappa shape index (κ3) is 8.68. The van der Waals surface area contributed by atoms with Gasteiger partial charge in [-0.05, 0) is 89.2 Å². The van der Waals surface area contributed by atoms with E-state index >= 15 is 0 Å². The monoisotopic (exact) mass is 710 g/mol. The number of amides is 2. The van der Waals surface area contributed by atoms with Crippen molar-refractivity contribution in [1.29, 1.82) is 0 Å². The average molecular weight is 711 g/mol. The van der Waals surface area contributed by atoms with Crippen LogP contribution in [0.15, 0.2) is 48.0 Å². The fourth-order valence-electron chi connectivity index (χ4n) is 5.89. The molecule has 0 heterocycles. The topological polar surface area (TPSA) is 129 Å². The number of aliphatic hydroxyl groups is 3. The largest absolute Gasteiger partial charge is 0.493 e. The lowest BCUT2D eigenvalue weighted by Crippen LogP contribution is -2.55. The number of nitrogens with zero attached hydrogens (tertiary/aromatic N) is 1. The van der Waals surface area contributed by atoms with Crippen LogP contribution in [0.4, 0.5) is 4.39 Å². The summed E-state index contributed by atoms with van der Waals surface area (Å²) in [5, 5.41) is 33.3. The van der Waals surface area contributed by atoms with Crippen LogP contribution in [0.5, 0.6) is 11.5 Å². The molecule has 1 fully saturated rings. The first-order valence-corrected chi connectivity index (χ1v) is 15.8. The summed E-state index contributed by atoms with van der Waals surface area (Å²) < 4.78 is 26.4. The van der Waals surface area contributed by atoms with Gasteiger partial charge in [0, 0.05) is 31.5 Å². The van der Waals surface area contributed by atoms with E-state index in [1.54, 1.807) is 35.2 Å². The number of hydrogen-bond acceptors (Lipinski definition) is 7. The second-order valence-electron chi connectivity index (χ2n) is 11.1. The van der Waals surface area contributed by atoms with E-state index in [-0.39, 0.29) is 50.4 Å². The lowest BCUT2D eigenvalue weighted by Gasteiger charge is -2.41. The highest BCUT2D eigenvalue weighted by molar-refractivity contribution is 14.1. The zero-order valence-corrected chi connectivity index (χ0v) is 26.5. The predicted molar refractivity (Wildman–Crippen MR) is 167 cm³/mol. The molecular formula is C32H40FIN2O7. The number of aliphatic hydroxyl groups excluding tert-OH is 3. The normalized spacial score (nSPS) is 20.4. The molecule has 4 rings (SSSR count). The van der Waals surface area contributed by atoms with Crippen molar-refractivity contribution in [3.63, 3.8) is 0 Å². The van der Waals surface area contributed by atoms with Gasteiger partial charge in [-0.1, -0.05) is 25.0 Å². The molecule has 11 heteroatoms. The highest BCUT2D eigenvalue weighted by Gasteiger charge is 2.41. The van der Waals surface area contributed by atoms with Crippen LogP contribution in [0.25, 0.3) is 0 Å². The van der Waals surface area contributed by atoms with Gasteiger partial charge < -0.3 is 35.0 Å². The van der Waals surface area contributed by atoms with Crippen LogP contribution >= 0.6 is 22.6 Å². The highest BCUT2D eigenvalue weighted by Crippen LogP contribution is 2.37. The van der Waals surface area contributed by atoms with E-state index in [1.807, 2.05) is 0 Å². The minimum Gasteiger partial charge on any atom is -0.493 e. The van der Waals surface area contributed by atoms with Crippen molar-refractivity contribution in [2.75, 3.05) is 26.8 Å². The van der Waals surface area contributed by atoms with Crippen LogP contribution in [0, 0.1) is 15.3 Å². The lowest BCUT2D eigenvalue weighted by molar-refractivity contribution is -0.139. The molecule has 0 spiro atoms. The summed E-state index contributed by atoms with van der Waals surface area (Å²) >= 11 is 2.06. The summed E-state index contributed by atoms with van der Waals surface area (Å²) in [5.41, 5.74) is 1.66. The van der Waals surface area contributed by atoms with Crippen LogP contribution in [0.2, 0.25) is 0 Å². The van der Waals surface area contributed by atoms with E-state index in [0.717, 1.165) is 31.2 Å². The Hall–Kier alpha value is -2.74. The number of rotatable bonds is 13. The molecule has 0 unspecified atom stereocenters. The van der Waals surface area contributed by atoms with Gasteiger partial charge in [-0.2, -0.15) is 0 Å². The molecule has 0 bridgehead atoms. The Morgan fingerprint density at radius 3 is 2.58 bits per heavy atom. The Morgan fingerprint density at radius 1 is 1.14 bits per heavy atom. The molecular weight excluding hydrogens is 670 g/mol. The highest BCUT2D eigenvalue weighted by atomic mass is 127. The van der Waals surface area contributed by atoms with Crippen molar-refractivity contribution in [1.82, 2.24) is 10.2 Å². The maximum Gasteiger partial charge on any atom is 0.247 e. The van der Waals surface area contributed by atoms with Gasteiger partial charge in [-0.15, -0.1) is 0 Å². The van der Waals surface area contributed by atoms with Gasteiger partial charge in [-0.3, -0.25) is 9.59 Å². The van der Waals surface area contributed by atoms with E-state index in [4.69, 9.17) is 9.47 Å².